The SMILES string of the molecule is Cc1ccc(F)cc1S(=O)(=O)N(C)CCCCCBr. The topological polar surface area (TPSA) is 37.4 Å². The fraction of sp³-hybridized carbons (Fsp3) is 0.538. The van der Waals surface area contributed by atoms with E-state index >= 15 is 0 Å². The molecule has 0 fully saturated rings. The highest BCUT2D eigenvalue weighted by molar-refractivity contribution is 9.09. The Kier molecular flexibility index (Phi) is 6.42. The molecule has 1 rings (SSSR count). The maximum atomic E-state index is 13.2. The minimum absolute atomic E-state index is 0.0514. The summed E-state index contributed by atoms with van der Waals surface area (Å²) in [6, 6.07) is 3.84. The Morgan fingerprint density at radius 2 is 1.95 bits per heavy atom. The number of unbranched alkanes of at least 4 members (excludes halogenated alkanes) is 2. The summed E-state index contributed by atoms with van der Waals surface area (Å²) in [6.07, 6.45) is 2.79. The van der Waals surface area contributed by atoms with Crippen molar-refractivity contribution in [2.24, 2.45) is 0 Å². The van der Waals surface area contributed by atoms with E-state index in [1.807, 2.05) is 0 Å². The van der Waals surface area contributed by atoms with Crippen LogP contribution < -0.4 is 0 Å². The van der Waals surface area contributed by atoms with Crippen molar-refractivity contribution in [3.05, 3.63) is 29.6 Å². The van der Waals surface area contributed by atoms with Gasteiger partial charge in [0.1, 0.15) is 5.82 Å². The first-order valence-corrected chi connectivity index (χ1v) is 8.74. The Labute approximate surface area is 123 Å². The Morgan fingerprint density at radius 1 is 1.26 bits per heavy atom. The van der Waals surface area contributed by atoms with Crippen LogP contribution in [0.5, 0.6) is 0 Å². The summed E-state index contributed by atoms with van der Waals surface area (Å²) in [4.78, 5) is 0.0514. The molecule has 1 aromatic carbocycles. The molecule has 0 saturated carbocycles. The highest BCUT2D eigenvalue weighted by Crippen LogP contribution is 2.20. The zero-order chi connectivity index (χ0) is 14.5. The molecular weight excluding hydrogens is 333 g/mol. The summed E-state index contributed by atoms with van der Waals surface area (Å²) < 4.78 is 39.1. The smallest absolute Gasteiger partial charge is 0.207 e. The Hall–Kier alpha value is -0.460. The summed E-state index contributed by atoms with van der Waals surface area (Å²) >= 11 is 3.34. The number of halogens is 2. The van der Waals surface area contributed by atoms with Crippen molar-refractivity contribution in [2.45, 2.75) is 31.1 Å². The first kappa shape index (κ1) is 16.6. The first-order valence-electron chi connectivity index (χ1n) is 6.18. The average Bonchev–Trinajstić information content (AvgIpc) is 2.37. The highest BCUT2D eigenvalue weighted by Gasteiger charge is 2.22. The van der Waals surface area contributed by atoms with E-state index in [0.29, 0.717) is 12.1 Å². The standard InChI is InChI=1S/C13H19BrFNO2S/c1-11-6-7-12(15)10-13(11)19(17,18)16(2)9-5-3-4-8-14/h6-7,10H,3-5,8-9H2,1-2H3. The van der Waals surface area contributed by atoms with Crippen molar-refractivity contribution in [1.29, 1.82) is 0 Å². The van der Waals surface area contributed by atoms with Gasteiger partial charge in [-0.05, 0) is 37.5 Å². The average molecular weight is 352 g/mol. The van der Waals surface area contributed by atoms with Crippen molar-refractivity contribution in [1.82, 2.24) is 4.31 Å². The quantitative estimate of drug-likeness (QED) is 0.558. The zero-order valence-corrected chi connectivity index (χ0v) is 13.6. The van der Waals surface area contributed by atoms with E-state index in [1.165, 1.54) is 23.5 Å². The maximum absolute atomic E-state index is 13.2. The van der Waals surface area contributed by atoms with Gasteiger partial charge in [-0.1, -0.05) is 28.4 Å². The maximum Gasteiger partial charge on any atom is 0.243 e. The van der Waals surface area contributed by atoms with Gasteiger partial charge in [-0.25, -0.2) is 17.1 Å². The van der Waals surface area contributed by atoms with Crippen LogP contribution >= 0.6 is 15.9 Å². The molecule has 0 amide bonds. The van der Waals surface area contributed by atoms with Gasteiger partial charge in [-0.2, -0.15) is 0 Å². The van der Waals surface area contributed by atoms with E-state index in [2.05, 4.69) is 15.9 Å². The summed E-state index contributed by atoms with van der Waals surface area (Å²) in [6.45, 7) is 2.12. The van der Waals surface area contributed by atoms with Gasteiger partial charge in [0.2, 0.25) is 10.0 Å². The van der Waals surface area contributed by atoms with Crippen LogP contribution in [0.4, 0.5) is 4.39 Å². The molecular formula is C13H19BrFNO2S. The van der Waals surface area contributed by atoms with Gasteiger partial charge < -0.3 is 0 Å². The molecule has 6 heteroatoms. The predicted molar refractivity (Wildman–Crippen MR) is 78.6 cm³/mol. The number of sulfonamides is 1. The zero-order valence-electron chi connectivity index (χ0n) is 11.2. The number of hydrogen-bond donors (Lipinski definition) is 0. The van der Waals surface area contributed by atoms with Crippen LogP contribution in [0.15, 0.2) is 23.1 Å². The van der Waals surface area contributed by atoms with Crippen LogP contribution in [-0.2, 0) is 10.0 Å². The molecule has 0 aromatic heterocycles. The molecule has 0 spiro atoms. The Balaban J connectivity index is 2.82. The van der Waals surface area contributed by atoms with E-state index in [0.717, 1.165) is 30.7 Å². The van der Waals surface area contributed by atoms with Crippen molar-refractivity contribution in [3.63, 3.8) is 0 Å². The molecule has 0 atom stereocenters. The molecule has 19 heavy (non-hydrogen) atoms. The fourth-order valence-electron chi connectivity index (χ4n) is 1.75. The van der Waals surface area contributed by atoms with Gasteiger partial charge in [-0.3, -0.25) is 0 Å². The second kappa shape index (κ2) is 7.36. The molecule has 108 valence electrons. The second-order valence-electron chi connectivity index (χ2n) is 4.49. The van der Waals surface area contributed by atoms with Gasteiger partial charge in [0, 0.05) is 18.9 Å². The summed E-state index contributed by atoms with van der Waals surface area (Å²) in [5.74, 6) is -0.531. The largest absolute Gasteiger partial charge is 0.243 e. The van der Waals surface area contributed by atoms with Gasteiger partial charge in [0.05, 0.1) is 4.90 Å². The lowest BCUT2D eigenvalue weighted by atomic mass is 10.2. The number of benzene rings is 1. The van der Waals surface area contributed by atoms with Crippen LogP contribution in [-0.4, -0.2) is 31.6 Å². The number of nitrogens with zero attached hydrogens (tertiary/aromatic N) is 1. The summed E-state index contributed by atoms with van der Waals surface area (Å²) in [5.41, 5.74) is 0.564. The number of hydrogen-bond acceptors (Lipinski definition) is 2. The van der Waals surface area contributed by atoms with Crippen molar-refractivity contribution in [3.8, 4) is 0 Å². The van der Waals surface area contributed by atoms with Gasteiger partial charge >= 0.3 is 0 Å². The minimum Gasteiger partial charge on any atom is -0.207 e. The first-order chi connectivity index (χ1) is 8.89. The number of rotatable bonds is 7. The lowest BCUT2D eigenvalue weighted by Gasteiger charge is -2.18. The third-order valence-corrected chi connectivity index (χ3v) is 5.50. The van der Waals surface area contributed by atoms with Crippen LogP contribution in [0.3, 0.4) is 0 Å². The van der Waals surface area contributed by atoms with Crippen LogP contribution in [0.25, 0.3) is 0 Å². The summed E-state index contributed by atoms with van der Waals surface area (Å²) in [7, 11) is -2.06. The third kappa shape index (κ3) is 4.54. The summed E-state index contributed by atoms with van der Waals surface area (Å²) in [5, 5.41) is 0.923. The number of aryl methyl sites for hydroxylation is 1. The van der Waals surface area contributed by atoms with Crippen LogP contribution in [0.2, 0.25) is 0 Å². The molecule has 0 heterocycles. The molecule has 0 aliphatic heterocycles. The third-order valence-electron chi connectivity index (χ3n) is 2.95. The molecule has 3 nitrogen and oxygen atoms in total. The molecule has 0 radical (unpaired) electrons. The molecule has 0 aliphatic rings. The van der Waals surface area contributed by atoms with Crippen molar-refractivity contribution < 1.29 is 12.8 Å². The normalized spacial score (nSPS) is 12.1. The Morgan fingerprint density at radius 3 is 2.58 bits per heavy atom. The second-order valence-corrected chi connectivity index (χ2v) is 7.29. The fourth-order valence-corrected chi connectivity index (χ4v) is 3.58. The Bertz CT molecular complexity index is 519. The highest BCUT2D eigenvalue weighted by atomic mass is 79.9. The van der Waals surface area contributed by atoms with E-state index in [9.17, 15) is 12.8 Å². The molecule has 0 saturated heterocycles. The lowest BCUT2D eigenvalue weighted by Crippen LogP contribution is -2.28. The van der Waals surface area contributed by atoms with Gasteiger partial charge in [0.25, 0.3) is 0 Å². The predicted octanol–water partition coefficient (Wildman–Crippen LogP) is 3.32. The minimum atomic E-state index is -3.60. The molecule has 1 aromatic rings. The van der Waals surface area contributed by atoms with E-state index in [1.54, 1.807) is 6.92 Å². The number of alkyl halides is 1. The van der Waals surface area contributed by atoms with Crippen LogP contribution in [0, 0.1) is 12.7 Å². The van der Waals surface area contributed by atoms with E-state index in [4.69, 9.17) is 0 Å². The van der Waals surface area contributed by atoms with Crippen molar-refractivity contribution in [2.75, 3.05) is 18.9 Å². The van der Waals surface area contributed by atoms with Gasteiger partial charge in [0.15, 0.2) is 0 Å². The lowest BCUT2D eigenvalue weighted by molar-refractivity contribution is 0.453. The van der Waals surface area contributed by atoms with Crippen molar-refractivity contribution >= 4 is 26.0 Å². The van der Waals surface area contributed by atoms with Gasteiger partial charge in [-0.15, -0.1) is 0 Å². The monoisotopic (exact) mass is 351 g/mol. The molecule has 0 aliphatic carbocycles. The van der Waals surface area contributed by atoms with Crippen LogP contribution in [0.1, 0.15) is 24.8 Å². The molecule has 0 unspecified atom stereocenters. The molecule has 0 N–H and O–H groups in total. The van der Waals surface area contributed by atoms with E-state index < -0.39 is 15.8 Å². The van der Waals surface area contributed by atoms with E-state index in [-0.39, 0.29) is 4.90 Å². The molecule has 0 bridgehead atoms.